The Morgan fingerprint density at radius 2 is 0.897 bits per heavy atom. The highest BCUT2D eigenvalue weighted by atomic mass is 28.5. The summed E-state index contributed by atoms with van der Waals surface area (Å²) in [7, 11) is -9.73. The Balaban J connectivity index is -0.000000472. The monoisotopic (exact) mass is 939 g/mol. The van der Waals surface area contributed by atoms with Crippen molar-refractivity contribution in [1.82, 2.24) is 0 Å². The molecule has 19 heteroatoms. The maximum Gasteiger partial charge on any atom is 0.311 e. The van der Waals surface area contributed by atoms with Gasteiger partial charge in [-0.05, 0) is 133 Å². The van der Waals surface area contributed by atoms with Crippen LogP contribution in [0.3, 0.4) is 0 Å². The molecule has 0 aromatic rings. The van der Waals surface area contributed by atoms with Gasteiger partial charge in [0.15, 0.2) is 26.4 Å². The van der Waals surface area contributed by atoms with E-state index in [-0.39, 0.29) is 18.3 Å². The van der Waals surface area contributed by atoms with E-state index in [1.165, 1.54) is 0 Å². The SMILES string of the molecule is C=C.C=CCOCC(C)OCC(C)O.CC(O)COC(C)COCCC[Si](C)(C)O[Si](C)(C)O[Si](C)(C)COCC(C)OCC(C)O.C[SiH](C)O[Si](C)(C)O[SiH](C)C. The Labute approximate surface area is 364 Å². The van der Waals surface area contributed by atoms with E-state index >= 15 is 0 Å². The largest absolute Gasteiger partial charge is 0.440 e. The molecule has 0 radical (unpaired) electrons. The van der Waals surface area contributed by atoms with Crippen LogP contribution in [0.15, 0.2) is 25.8 Å². The van der Waals surface area contributed by atoms with Crippen LogP contribution in [-0.4, -0.2) is 163 Å². The van der Waals surface area contributed by atoms with E-state index in [1.54, 1.807) is 26.8 Å². The summed E-state index contributed by atoms with van der Waals surface area (Å²) in [6.45, 7) is 50.4. The number of rotatable bonds is 31. The van der Waals surface area contributed by atoms with Crippen LogP contribution in [0.1, 0.15) is 48.0 Å². The van der Waals surface area contributed by atoms with Gasteiger partial charge >= 0.3 is 17.1 Å². The minimum absolute atomic E-state index is 0.0250. The van der Waals surface area contributed by atoms with Crippen molar-refractivity contribution in [2.75, 3.05) is 59.1 Å². The van der Waals surface area contributed by atoms with Gasteiger partial charge in [-0.25, -0.2) is 0 Å². The van der Waals surface area contributed by atoms with Crippen molar-refractivity contribution in [3.8, 4) is 0 Å². The third-order valence-electron chi connectivity index (χ3n) is 6.76. The molecule has 0 aliphatic heterocycles. The van der Waals surface area contributed by atoms with Crippen LogP contribution in [0.4, 0.5) is 0 Å². The summed E-state index contributed by atoms with van der Waals surface area (Å²) in [5.74, 6) is 0. The summed E-state index contributed by atoms with van der Waals surface area (Å²) in [4.78, 5) is 0. The van der Waals surface area contributed by atoms with E-state index in [0.29, 0.717) is 59.1 Å². The van der Waals surface area contributed by atoms with Crippen LogP contribution < -0.4 is 0 Å². The van der Waals surface area contributed by atoms with Gasteiger partial charge in [-0.2, -0.15) is 0 Å². The van der Waals surface area contributed by atoms with Gasteiger partial charge in [-0.3, -0.25) is 0 Å². The Hall–Kier alpha value is 0.261. The predicted octanol–water partition coefficient (Wildman–Crippen LogP) is 7.13. The van der Waals surface area contributed by atoms with Gasteiger partial charge in [0.1, 0.15) is 0 Å². The van der Waals surface area contributed by atoms with Crippen molar-refractivity contribution in [1.29, 1.82) is 0 Å². The fraction of sp³-hybridized carbons (Fsp3) is 0.897. The summed E-state index contributed by atoms with van der Waals surface area (Å²) in [6.07, 6.45) is 1.83. The maximum atomic E-state index is 9.31. The zero-order chi connectivity index (χ0) is 46.2. The molecule has 13 nitrogen and oxygen atoms in total. The molecule has 0 saturated carbocycles. The van der Waals surface area contributed by atoms with E-state index in [9.17, 15) is 10.2 Å². The summed E-state index contributed by atoms with van der Waals surface area (Å²) in [5.41, 5.74) is 0. The first kappa shape index (κ1) is 64.9. The fourth-order valence-electron chi connectivity index (χ4n) is 5.29. The quantitative estimate of drug-likeness (QED) is 0.0368. The van der Waals surface area contributed by atoms with Crippen LogP contribution >= 0.6 is 0 Å². The zero-order valence-corrected chi connectivity index (χ0v) is 46.8. The van der Waals surface area contributed by atoms with Crippen molar-refractivity contribution in [2.24, 2.45) is 0 Å². The van der Waals surface area contributed by atoms with Crippen LogP contribution in [0.5, 0.6) is 0 Å². The first-order chi connectivity index (χ1) is 26.5. The number of hydrogen-bond acceptors (Lipinski definition) is 13. The van der Waals surface area contributed by atoms with Gasteiger partial charge in [-0.15, -0.1) is 19.7 Å². The van der Waals surface area contributed by atoms with Gasteiger partial charge in [0.2, 0.25) is 8.32 Å². The molecule has 0 bridgehead atoms. The Bertz CT molecular complexity index is 934. The maximum absolute atomic E-state index is 9.31. The van der Waals surface area contributed by atoms with Crippen molar-refractivity contribution >= 4 is 51.8 Å². The van der Waals surface area contributed by atoms with E-state index in [2.05, 4.69) is 98.3 Å². The second-order valence-electron chi connectivity index (χ2n) is 17.4. The number of hydrogen-bond donors (Lipinski definition) is 3. The highest BCUT2D eigenvalue weighted by molar-refractivity contribution is 6.87. The molecule has 0 aromatic heterocycles. The highest BCUT2D eigenvalue weighted by Crippen LogP contribution is 2.24. The van der Waals surface area contributed by atoms with Crippen LogP contribution in [0, 0.1) is 0 Å². The third-order valence-corrected chi connectivity index (χ3v) is 25.9. The molecule has 0 fully saturated rings. The van der Waals surface area contributed by atoms with Crippen molar-refractivity contribution in [3.05, 3.63) is 25.8 Å². The summed E-state index contributed by atoms with van der Waals surface area (Å²) in [6, 6.07) is 1.01. The van der Waals surface area contributed by atoms with Gasteiger partial charge in [0, 0.05) is 6.61 Å². The second-order valence-corrected chi connectivity index (χ2v) is 38.5. The summed E-state index contributed by atoms with van der Waals surface area (Å²) in [5, 5.41) is 27.5. The molecule has 0 aliphatic rings. The molecule has 0 spiro atoms. The molecule has 0 saturated heterocycles. The van der Waals surface area contributed by atoms with E-state index in [0.717, 1.165) is 12.5 Å². The smallest absolute Gasteiger partial charge is 0.311 e. The Kier molecular flexibility index (Phi) is 41.1. The minimum atomic E-state index is -2.29. The number of aliphatic hydroxyl groups is 3. The fourth-order valence-corrected chi connectivity index (χ4v) is 28.5. The van der Waals surface area contributed by atoms with E-state index in [4.69, 9.17) is 50.0 Å². The molecule has 0 aliphatic carbocycles. The van der Waals surface area contributed by atoms with Crippen molar-refractivity contribution in [3.63, 3.8) is 0 Å². The number of aliphatic hydroxyl groups excluding tert-OH is 3. The van der Waals surface area contributed by atoms with Crippen LogP contribution in [0.25, 0.3) is 0 Å². The lowest BCUT2D eigenvalue weighted by atomic mass is 10.4. The van der Waals surface area contributed by atoms with Crippen LogP contribution in [-0.2, 0) is 44.9 Å². The molecule has 6 unspecified atom stereocenters. The lowest BCUT2D eigenvalue weighted by molar-refractivity contribution is -0.0363. The first-order valence-corrected chi connectivity index (χ1v) is 38.4. The lowest BCUT2D eigenvalue weighted by Crippen LogP contribution is -2.54. The molecular weight excluding hydrogens is 845 g/mol. The average Bonchev–Trinajstić information content (AvgIpc) is 3.04. The Morgan fingerprint density at radius 1 is 0.534 bits per heavy atom. The molecule has 6 atom stereocenters. The molecule has 0 aromatic carbocycles. The first-order valence-electron chi connectivity index (χ1n) is 21.0. The molecule has 0 amide bonds. The van der Waals surface area contributed by atoms with Crippen LogP contribution in [0.2, 0.25) is 84.6 Å². The molecule has 0 rings (SSSR count). The van der Waals surface area contributed by atoms with Crippen molar-refractivity contribution < 1.29 is 60.2 Å². The van der Waals surface area contributed by atoms with Gasteiger partial charge < -0.3 is 60.2 Å². The summed E-state index contributed by atoms with van der Waals surface area (Å²) < 4.78 is 57.9. The van der Waals surface area contributed by atoms with Gasteiger partial charge in [-0.1, -0.05) is 6.08 Å². The molecule has 3 N–H and O–H groups in total. The standard InChI is InChI=1S/C22H52O8Si3.C9H18O3.C6H20O2Si3.C2H4/c1-19(23)14-27-21(3)16-25-12-11-13-31(5,6)29-33(9,10)30-32(7,8)18-26-17-22(4)28-15-20(2)24;1-4-5-11-7-9(3)12-6-8(2)10;1-9(2)7-11(5,6)8-10(3)4;1-2/h19-24H,11-18H2,1-10H3;4,8-10H,1,5-7H2,2-3H3;9-10H,1-6H3;1-2H2. The number of ether oxygens (including phenoxy) is 6. The minimum Gasteiger partial charge on any atom is -0.440 e. The van der Waals surface area contributed by atoms with Crippen molar-refractivity contribution in [2.45, 2.75) is 169 Å². The molecule has 352 valence electrons. The lowest BCUT2D eigenvalue weighted by Gasteiger charge is -2.38. The zero-order valence-electron chi connectivity index (χ0n) is 40.5. The topological polar surface area (TPSA) is 153 Å². The molecular formula is C39H94O13Si6. The van der Waals surface area contributed by atoms with Gasteiger partial charge in [0.05, 0.1) is 89.1 Å². The Morgan fingerprint density at radius 3 is 1.26 bits per heavy atom. The van der Waals surface area contributed by atoms with E-state index < -0.39 is 70.1 Å². The normalized spacial score (nSPS) is 15.5. The second kappa shape index (κ2) is 36.7. The third kappa shape index (κ3) is 50.6. The average molecular weight is 940 g/mol. The predicted molar refractivity (Wildman–Crippen MR) is 257 cm³/mol. The molecule has 58 heavy (non-hydrogen) atoms. The molecule has 0 heterocycles. The highest BCUT2D eigenvalue weighted by Gasteiger charge is 2.39. The summed E-state index contributed by atoms with van der Waals surface area (Å²) >= 11 is 0. The van der Waals surface area contributed by atoms with E-state index in [1.807, 2.05) is 20.8 Å². The van der Waals surface area contributed by atoms with Gasteiger partial charge in [0.25, 0.3) is 0 Å².